The van der Waals surface area contributed by atoms with Crippen molar-refractivity contribution in [3.8, 4) is 11.3 Å². The number of carbonyl (C=O) groups is 1. The molecule has 0 fully saturated rings. The zero-order valence-corrected chi connectivity index (χ0v) is 9.68. The zero-order chi connectivity index (χ0) is 13.1. The number of hydrogen-bond acceptors (Lipinski definition) is 2. The van der Waals surface area contributed by atoms with Crippen LogP contribution in [0, 0.1) is 5.82 Å². The second kappa shape index (κ2) is 4.87. The van der Waals surface area contributed by atoms with Crippen LogP contribution in [0.5, 0.6) is 0 Å². The Morgan fingerprint density at radius 3 is 2.50 bits per heavy atom. The second-order valence-electron chi connectivity index (χ2n) is 3.84. The number of aliphatic carboxylic acids is 1. The van der Waals surface area contributed by atoms with E-state index in [-0.39, 0.29) is 11.4 Å². The molecule has 0 atom stereocenters. The number of carboxylic acids is 1. The van der Waals surface area contributed by atoms with Crippen molar-refractivity contribution >= 4 is 12.0 Å². The fourth-order valence-corrected chi connectivity index (χ4v) is 1.47. The monoisotopic (exact) mass is 246 g/mol. The minimum atomic E-state index is -0.991. The molecule has 2 rings (SSSR count). The average Bonchev–Trinajstić information content (AvgIpc) is 2.78. The van der Waals surface area contributed by atoms with E-state index in [0.717, 1.165) is 5.56 Å². The number of benzene rings is 1. The van der Waals surface area contributed by atoms with E-state index in [0.29, 0.717) is 11.5 Å². The molecule has 0 spiro atoms. The molecule has 4 heteroatoms. The number of furan rings is 1. The molecule has 0 saturated carbocycles. The van der Waals surface area contributed by atoms with Crippen LogP contribution < -0.4 is 0 Å². The van der Waals surface area contributed by atoms with Crippen LogP contribution in [-0.4, -0.2) is 11.1 Å². The summed E-state index contributed by atoms with van der Waals surface area (Å²) in [6, 6.07) is 9.28. The first kappa shape index (κ1) is 12.1. The fraction of sp³-hybridized carbons (Fsp3) is 0.0714. The molecule has 1 aromatic carbocycles. The summed E-state index contributed by atoms with van der Waals surface area (Å²) in [6.07, 6.45) is 1.44. The third-order valence-electron chi connectivity index (χ3n) is 2.45. The summed E-state index contributed by atoms with van der Waals surface area (Å²) < 4.78 is 18.2. The maximum absolute atomic E-state index is 12.8. The summed E-state index contributed by atoms with van der Waals surface area (Å²) in [5, 5.41) is 8.75. The van der Waals surface area contributed by atoms with E-state index in [9.17, 15) is 9.18 Å². The Bertz CT molecular complexity index is 594. The van der Waals surface area contributed by atoms with Crippen molar-refractivity contribution in [2.75, 3.05) is 0 Å². The quantitative estimate of drug-likeness (QED) is 0.842. The molecule has 1 aromatic heterocycles. The molecule has 0 unspecified atom stereocenters. The topological polar surface area (TPSA) is 50.4 Å². The summed E-state index contributed by atoms with van der Waals surface area (Å²) in [4.78, 5) is 10.7. The molecule has 0 saturated heterocycles. The molecule has 0 aliphatic carbocycles. The van der Waals surface area contributed by atoms with Gasteiger partial charge in [0.1, 0.15) is 17.3 Å². The summed E-state index contributed by atoms with van der Waals surface area (Å²) in [5.74, 6) is -0.282. The van der Waals surface area contributed by atoms with Gasteiger partial charge in [-0.2, -0.15) is 0 Å². The fourth-order valence-electron chi connectivity index (χ4n) is 1.47. The molecule has 18 heavy (non-hydrogen) atoms. The van der Waals surface area contributed by atoms with Crippen LogP contribution in [0.15, 0.2) is 46.4 Å². The van der Waals surface area contributed by atoms with Crippen LogP contribution in [0.1, 0.15) is 12.7 Å². The van der Waals surface area contributed by atoms with Gasteiger partial charge < -0.3 is 9.52 Å². The van der Waals surface area contributed by atoms with Gasteiger partial charge in [0, 0.05) is 11.1 Å². The first-order valence-corrected chi connectivity index (χ1v) is 5.33. The number of carboxylic acid groups (broad SMARTS) is 1. The molecule has 0 aliphatic rings. The molecule has 1 heterocycles. The van der Waals surface area contributed by atoms with Crippen molar-refractivity contribution in [1.82, 2.24) is 0 Å². The van der Waals surface area contributed by atoms with Crippen LogP contribution in [-0.2, 0) is 4.79 Å². The summed E-state index contributed by atoms with van der Waals surface area (Å²) in [7, 11) is 0. The standard InChI is InChI=1S/C14H11FO3/c1-9(14(16)17)8-12-6-7-13(18-12)10-2-4-11(15)5-3-10/h2-8H,1H3,(H,16,17). The van der Waals surface area contributed by atoms with Crippen LogP contribution in [0.2, 0.25) is 0 Å². The first-order valence-electron chi connectivity index (χ1n) is 5.33. The molecule has 0 amide bonds. The van der Waals surface area contributed by atoms with Gasteiger partial charge in [-0.05, 0) is 49.4 Å². The highest BCUT2D eigenvalue weighted by atomic mass is 19.1. The van der Waals surface area contributed by atoms with Crippen LogP contribution in [0.4, 0.5) is 4.39 Å². The predicted molar refractivity (Wildman–Crippen MR) is 65.4 cm³/mol. The molecule has 2 aromatic rings. The lowest BCUT2D eigenvalue weighted by Gasteiger charge is -1.96. The number of hydrogen-bond donors (Lipinski definition) is 1. The minimum absolute atomic E-state index is 0.190. The molecule has 92 valence electrons. The number of rotatable bonds is 3. The van der Waals surface area contributed by atoms with E-state index >= 15 is 0 Å². The third-order valence-corrected chi connectivity index (χ3v) is 2.45. The lowest BCUT2D eigenvalue weighted by atomic mass is 10.2. The van der Waals surface area contributed by atoms with E-state index in [1.807, 2.05) is 0 Å². The van der Waals surface area contributed by atoms with Crippen molar-refractivity contribution in [1.29, 1.82) is 0 Å². The van der Waals surface area contributed by atoms with Gasteiger partial charge in [0.25, 0.3) is 0 Å². The number of halogens is 1. The predicted octanol–water partition coefficient (Wildman–Crippen LogP) is 3.57. The van der Waals surface area contributed by atoms with E-state index in [1.165, 1.54) is 25.1 Å². The van der Waals surface area contributed by atoms with Crippen molar-refractivity contribution in [3.05, 3.63) is 53.5 Å². The summed E-state index contributed by atoms with van der Waals surface area (Å²) >= 11 is 0. The highest BCUT2D eigenvalue weighted by molar-refractivity contribution is 5.91. The van der Waals surface area contributed by atoms with Gasteiger partial charge in [0.15, 0.2) is 0 Å². The third kappa shape index (κ3) is 2.66. The van der Waals surface area contributed by atoms with Gasteiger partial charge in [-0.1, -0.05) is 0 Å². The van der Waals surface area contributed by atoms with Crippen molar-refractivity contribution in [3.63, 3.8) is 0 Å². The Balaban J connectivity index is 2.28. The Morgan fingerprint density at radius 1 is 1.22 bits per heavy atom. The normalized spacial score (nSPS) is 11.6. The van der Waals surface area contributed by atoms with Gasteiger partial charge in [-0.25, -0.2) is 9.18 Å². The Morgan fingerprint density at radius 2 is 1.89 bits per heavy atom. The lowest BCUT2D eigenvalue weighted by Crippen LogP contribution is -1.94. The van der Waals surface area contributed by atoms with E-state index in [2.05, 4.69) is 0 Å². The smallest absolute Gasteiger partial charge is 0.331 e. The largest absolute Gasteiger partial charge is 0.478 e. The average molecular weight is 246 g/mol. The van der Waals surface area contributed by atoms with Crippen LogP contribution >= 0.6 is 0 Å². The minimum Gasteiger partial charge on any atom is -0.478 e. The molecule has 1 N–H and O–H groups in total. The molecule has 0 aliphatic heterocycles. The van der Waals surface area contributed by atoms with E-state index in [4.69, 9.17) is 9.52 Å². The maximum atomic E-state index is 12.8. The van der Waals surface area contributed by atoms with Gasteiger partial charge >= 0.3 is 5.97 Å². The van der Waals surface area contributed by atoms with E-state index in [1.54, 1.807) is 24.3 Å². The van der Waals surface area contributed by atoms with E-state index < -0.39 is 5.97 Å². The van der Waals surface area contributed by atoms with Gasteiger partial charge in [-0.15, -0.1) is 0 Å². The van der Waals surface area contributed by atoms with Crippen molar-refractivity contribution in [2.45, 2.75) is 6.92 Å². The highest BCUT2D eigenvalue weighted by Gasteiger charge is 2.05. The van der Waals surface area contributed by atoms with Crippen LogP contribution in [0.25, 0.3) is 17.4 Å². The van der Waals surface area contributed by atoms with Crippen molar-refractivity contribution in [2.24, 2.45) is 0 Å². The van der Waals surface area contributed by atoms with Gasteiger partial charge in [-0.3, -0.25) is 0 Å². The Kier molecular flexibility index (Phi) is 3.28. The highest BCUT2D eigenvalue weighted by Crippen LogP contribution is 2.23. The SMILES string of the molecule is CC(=Cc1ccc(-c2ccc(F)cc2)o1)C(=O)O. The Labute approximate surface area is 103 Å². The first-order chi connectivity index (χ1) is 8.56. The molecule has 0 bridgehead atoms. The molecule has 3 nitrogen and oxygen atoms in total. The van der Waals surface area contributed by atoms with Crippen LogP contribution in [0.3, 0.4) is 0 Å². The second-order valence-corrected chi connectivity index (χ2v) is 3.84. The lowest BCUT2D eigenvalue weighted by molar-refractivity contribution is -0.132. The Hall–Kier alpha value is -2.36. The summed E-state index contributed by atoms with van der Waals surface area (Å²) in [6.45, 7) is 1.49. The zero-order valence-electron chi connectivity index (χ0n) is 9.68. The molecular weight excluding hydrogens is 235 g/mol. The maximum Gasteiger partial charge on any atom is 0.331 e. The van der Waals surface area contributed by atoms with Gasteiger partial charge in [0.05, 0.1) is 0 Å². The summed E-state index contributed by atoms with van der Waals surface area (Å²) in [5.41, 5.74) is 0.930. The molecular formula is C14H11FO3. The van der Waals surface area contributed by atoms with Crippen molar-refractivity contribution < 1.29 is 18.7 Å². The molecule has 0 radical (unpaired) electrons. The van der Waals surface area contributed by atoms with Gasteiger partial charge in [0.2, 0.25) is 0 Å².